The summed E-state index contributed by atoms with van der Waals surface area (Å²) in [6.07, 6.45) is 8.70. The summed E-state index contributed by atoms with van der Waals surface area (Å²) in [6, 6.07) is 14.8. The molecule has 3 aromatic rings. The quantitative estimate of drug-likeness (QED) is 0.424. The maximum atomic E-state index is 13.1. The molecule has 0 aliphatic rings. The van der Waals surface area contributed by atoms with Crippen molar-refractivity contribution in [3.63, 3.8) is 0 Å². The highest BCUT2D eigenvalue weighted by Gasteiger charge is 2.26. The smallest absolute Gasteiger partial charge is 0.123 e. The van der Waals surface area contributed by atoms with Gasteiger partial charge in [0.1, 0.15) is 5.82 Å². The molecule has 0 amide bonds. The molecule has 0 radical (unpaired) electrons. The number of aromatic nitrogens is 2. The van der Waals surface area contributed by atoms with Crippen LogP contribution in [-0.2, 0) is 13.0 Å². The summed E-state index contributed by atoms with van der Waals surface area (Å²) in [5.41, 5.74) is 1.17. The number of thioether (sulfide) groups is 1. The Bertz CT molecular complexity index is 803. The third-order valence-electron chi connectivity index (χ3n) is 4.34. The molecule has 136 valence electrons. The van der Waals surface area contributed by atoms with Gasteiger partial charge in [0.25, 0.3) is 0 Å². The van der Waals surface area contributed by atoms with E-state index in [1.165, 1.54) is 22.6 Å². The Morgan fingerprint density at radius 1 is 1.12 bits per heavy atom. The number of hydrogen-bond acceptors (Lipinski definition) is 2. The van der Waals surface area contributed by atoms with Crippen LogP contribution < -0.4 is 0 Å². The zero-order chi connectivity index (χ0) is 18.4. The zero-order valence-corrected chi connectivity index (χ0v) is 16.3. The average Bonchev–Trinajstić information content (AvgIpc) is 3.11. The lowest BCUT2D eigenvalue weighted by Crippen LogP contribution is -2.26. The first-order chi connectivity index (χ1) is 12.5. The first-order valence-corrected chi connectivity index (χ1v) is 9.87. The molecule has 0 bridgehead atoms. The maximum Gasteiger partial charge on any atom is 0.123 e. The van der Waals surface area contributed by atoms with Gasteiger partial charge in [-0.1, -0.05) is 23.7 Å². The molecule has 0 saturated carbocycles. The molecule has 26 heavy (non-hydrogen) atoms. The highest BCUT2D eigenvalue weighted by Crippen LogP contribution is 2.38. The predicted molar refractivity (Wildman–Crippen MR) is 107 cm³/mol. The summed E-state index contributed by atoms with van der Waals surface area (Å²) in [5.74, 6) is -0.183. The minimum absolute atomic E-state index is 0.0224. The summed E-state index contributed by atoms with van der Waals surface area (Å²) >= 11 is 7.88. The monoisotopic (exact) mass is 388 g/mol. The fourth-order valence-corrected chi connectivity index (χ4v) is 4.46. The highest BCUT2D eigenvalue weighted by atomic mass is 35.5. The first kappa shape index (κ1) is 19.0. The molecule has 1 heterocycles. The van der Waals surface area contributed by atoms with Crippen LogP contribution in [0.3, 0.4) is 0 Å². The molecule has 2 nitrogen and oxygen atoms in total. The lowest BCUT2D eigenvalue weighted by Gasteiger charge is -2.29. The standard InChI is InChI=1S/C21H22ClFN2S/c1-21(15-25-14-13-24-16-25,26-20-10-6-18(22)7-11-20)12-2-3-17-4-8-19(23)9-5-17/h4-11,13-14,16H,2-3,12,15H2,1H3. The number of aryl methyl sites for hydroxylation is 1. The van der Waals surface area contributed by atoms with Crippen LogP contribution in [0.4, 0.5) is 4.39 Å². The van der Waals surface area contributed by atoms with Crippen LogP contribution in [0, 0.1) is 5.82 Å². The number of halogens is 2. The van der Waals surface area contributed by atoms with Crippen molar-refractivity contribution < 1.29 is 4.39 Å². The second kappa shape index (κ2) is 8.74. The fraction of sp³-hybridized carbons (Fsp3) is 0.286. The van der Waals surface area contributed by atoms with E-state index in [0.717, 1.165) is 30.8 Å². The third kappa shape index (κ3) is 5.61. The maximum absolute atomic E-state index is 13.1. The van der Waals surface area contributed by atoms with E-state index in [-0.39, 0.29) is 10.6 Å². The molecule has 1 aromatic heterocycles. The average molecular weight is 389 g/mol. The molecule has 0 fully saturated rings. The number of rotatable bonds is 8. The van der Waals surface area contributed by atoms with Gasteiger partial charge in [-0.25, -0.2) is 9.37 Å². The number of imidazole rings is 1. The Morgan fingerprint density at radius 3 is 2.50 bits per heavy atom. The topological polar surface area (TPSA) is 17.8 Å². The second-order valence-electron chi connectivity index (χ2n) is 6.72. The van der Waals surface area contributed by atoms with E-state index in [1.807, 2.05) is 54.7 Å². The highest BCUT2D eigenvalue weighted by molar-refractivity contribution is 8.00. The Kier molecular flexibility index (Phi) is 6.38. The van der Waals surface area contributed by atoms with Gasteiger partial charge in [0.2, 0.25) is 0 Å². The van der Waals surface area contributed by atoms with E-state index < -0.39 is 0 Å². The van der Waals surface area contributed by atoms with Gasteiger partial charge in [0.15, 0.2) is 0 Å². The minimum atomic E-state index is -0.183. The summed E-state index contributed by atoms with van der Waals surface area (Å²) in [5, 5.41) is 0.752. The summed E-state index contributed by atoms with van der Waals surface area (Å²) < 4.78 is 15.2. The van der Waals surface area contributed by atoms with Crippen LogP contribution in [0.2, 0.25) is 5.02 Å². The summed E-state index contributed by atoms with van der Waals surface area (Å²) in [4.78, 5) is 5.37. The Labute approximate surface area is 163 Å². The SMILES string of the molecule is CC(CCCc1ccc(F)cc1)(Cn1ccnc1)Sc1ccc(Cl)cc1. The summed E-state index contributed by atoms with van der Waals surface area (Å²) in [6.45, 7) is 3.17. The van der Waals surface area contributed by atoms with Crippen molar-refractivity contribution in [3.8, 4) is 0 Å². The molecule has 1 atom stereocenters. The van der Waals surface area contributed by atoms with E-state index in [4.69, 9.17) is 11.6 Å². The zero-order valence-electron chi connectivity index (χ0n) is 14.7. The van der Waals surface area contributed by atoms with Crippen LogP contribution >= 0.6 is 23.4 Å². The van der Waals surface area contributed by atoms with Crippen molar-refractivity contribution in [3.05, 3.63) is 83.7 Å². The number of nitrogens with zero attached hydrogens (tertiary/aromatic N) is 2. The lowest BCUT2D eigenvalue weighted by molar-refractivity contribution is 0.480. The van der Waals surface area contributed by atoms with Crippen molar-refractivity contribution in [1.29, 1.82) is 0 Å². The van der Waals surface area contributed by atoms with Crippen molar-refractivity contribution in [2.45, 2.75) is 42.4 Å². The van der Waals surface area contributed by atoms with Crippen LogP contribution in [0.25, 0.3) is 0 Å². The van der Waals surface area contributed by atoms with Gasteiger partial charge in [-0.3, -0.25) is 0 Å². The van der Waals surface area contributed by atoms with Gasteiger partial charge in [-0.2, -0.15) is 0 Å². The Morgan fingerprint density at radius 2 is 1.85 bits per heavy atom. The van der Waals surface area contributed by atoms with Gasteiger partial charge < -0.3 is 4.57 Å². The molecule has 0 spiro atoms. The molecular formula is C21H22ClFN2S. The largest absolute Gasteiger partial charge is 0.336 e. The predicted octanol–water partition coefficient (Wildman–Crippen LogP) is 6.25. The van der Waals surface area contributed by atoms with Gasteiger partial charge in [0, 0.05) is 33.6 Å². The molecule has 0 aliphatic carbocycles. The molecule has 0 saturated heterocycles. The molecule has 1 unspecified atom stereocenters. The van der Waals surface area contributed by atoms with Crippen LogP contribution in [0.15, 0.2) is 72.1 Å². The van der Waals surface area contributed by atoms with Crippen LogP contribution in [-0.4, -0.2) is 14.3 Å². The summed E-state index contributed by atoms with van der Waals surface area (Å²) in [7, 11) is 0. The molecule has 5 heteroatoms. The first-order valence-electron chi connectivity index (χ1n) is 8.67. The molecule has 0 N–H and O–H groups in total. The minimum Gasteiger partial charge on any atom is -0.336 e. The van der Waals surface area contributed by atoms with E-state index >= 15 is 0 Å². The Hall–Kier alpha value is -1.78. The van der Waals surface area contributed by atoms with E-state index in [1.54, 1.807) is 0 Å². The van der Waals surface area contributed by atoms with Gasteiger partial charge in [-0.15, -0.1) is 11.8 Å². The molecule has 3 rings (SSSR count). The number of benzene rings is 2. The third-order valence-corrected chi connectivity index (χ3v) is 5.92. The van der Waals surface area contributed by atoms with Crippen molar-refractivity contribution >= 4 is 23.4 Å². The normalized spacial score (nSPS) is 13.5. The lowest BCUT2D eigenvalue weighted by atomic mass is 10.00. The molecular weight excluding hydrogens is 367 g/mol. The molecule has 0 aliphatic heterocycles. The molecule has 2 aromatic carbocycles. The van der Waals surface area contributed by atoms with Crippen molar-refractivity contribution in [1.82, 2.24) is 9.55 Å². The number of hydrogen-bond donors (Lipinski definition) is 0. The second-order valence-corrected chi connectivity index (χ2v) is 8.82. The van der Waals surface area contributed by atoms with Gasteiger partial charge in [-0.05, 0) is 68.1 Å². The van der Waals surface area contributed by atoms with Crippen LogP contribution in [0.5, 0.6) is 0 Å². The van der Waals surface area contributed by atoms with Crippen LogP contribution in [0.1, 0.15) is 25.3 Å². The van der Waals surface area contributed by atoms with E-state index in [0.29, 0.717) is 0 Å². The van der Waals surface area contributed by atoms with Crippen molar-refractivity contribution in [2.75, 3.05) is 0 Å². The van der Waals surface area contributed by atoms with Crippen molar-refractivity contribution in [2.24, 2.45) is 0 Å². The van der Waals surface area contributed by atoms with E-state index in [9.17, 15) is 4.39 Å². The Balaban J connectivity index is 1.67. The van der Waals surface area contributed by atoms with E-state index in [2.05, 4.69) is 28.6 Å². The van der Waals surface area contributed by atoms with Gasteiger partial charge >= 0.3 is 0 Å². The fourth-order valence-electron chi connectivity index (χ4n) is 3.03. The van der Waals surface area contributed by atoms with Gasteiger partial charge in [0.05, 0.1) is 6.33 Å².